The van der Waals surface area contributed by atoms with Crippen LogP contribution in [0.2, 0.25) is 0 Å². The Labute approximate surface area is 125 Å². The molecule has 1 aromatic carbocycles. The number of hydrogen-bond acceptors (Lipinski definition) is 4. The monoisotopic (exact) mass is 365 g/mol. The molecule has 0 aliphatic rings. The molecule has 0 radical (unpaired) electrons. The van der Waals surface area contributed by atoms with E-state index in [4.69, 9.17) is 4.74 Å². The molecule has 0 spiro atoms. The van der Waals surface area contributed by atoms with Crippen LogP contribution < -0.4 is 10.1 Å². The van der Waals surface area contributed by atoms with Crippen LogP contribution in [0.1, 0.15) is 5.56 Å². The van der Waals surface area contributed by atoms with Crippen molar-refractivity contribution < 1.29 is 22.3 Å². The maximum Gasteiger partial charge on any atom is 0.419 e. The SMILES string of the molecule is COc1nc(Nc2ccc(F)c(C(F)(F)F)c2)ncc1Br. The van der Waals surface area contributed by atoms with Crippen molar-refractivity contribution in [1.29, 1.82) is 0 Å². The molecule has 112 valence electrons. The van der Waals surface area contributed by atoms with Crippen molar-refractivity contribution in [2.75, 3.05) is 12.4 Å². The van der Waals surface area contributed by atoms with Crippen LogP contribution in [0.15, 0.2) is 28.9 Å². The predicted molar refractivity (Wildman–Crippen MR) is 71.0 cm³/mol. The zero-order valence-electron chi connectivity index (χ0n) is 10.5. The molecule has 0 aliphatic heterocycles. The van der Waals surface area contributed by atoms with Crippen molar-refractivity contribution in [2.24, 2.45) is 0 Å². The van der Waals surface area contributed by atoms with Crippen molar-refractivity contribution in [2.45, 2.75) is 6.18 Å². The predicted octanol–water partition coefficient (Wildman–Crippen LogP) is 4.15. The molecular formula is C12H8BrF4N3O. The van der Waals surface area contributed by atoms with Crippen molar-refractivity contribution in [3.8, 4) is 5.88 Å². The third kappa shape index (κ3) is 3.60. The first kappa shape index (κ1) is 15.5. The van der Waals surface area contributed by atoms with Gasteiger partial charge in [-0.1, -0.05) is 0 Å². The standard InChI is InChI=1S/C12H8BrF4N3O/c1-21-10-8(13)5-18-11(20-10)19-6-2-3-9(14)7(4-6)12(15,16)17/h2-5H,1H3,(H,18,19,20). The summed E-state index contributed by atoms with van der Waals surface area (Å²) in [4.78, 5) is 7.81. The van der Waals surface area contributed by atoms with Crippen LogP contribution in [0.3, 0.4) is 0 Å². The van der Waals surface area contributed by atoms with E-state index < -0.39 is 17.6 Å². The maximum atomic E-state index is 13.2. The minimum Gasteiger partial charge on any atom is -0.480 e. The van der Waals surface area contributed by atoms with Crippen LogP contribution in [-0.2, 0) is 6.18 Å². The highest BCUT2D eigenvalue weighted by atomic mass is 79.9. The Kier molecular flexibility index (Phi) is 4.31. The van der Waals surface area contributed by atoms with Gasteiger partial charge in [0.15, 0.2) is 0 Å². The lowest BCUT2D eigenvalue weighted by atomic mass is 10.2. The fourth-order valence-electron chi connectivity index (χ4n) is 1.50. The Balaban J connectivity index is 2.32. The molecule has 21 heavy (non-hydrogen) atoms. The lowest BCUT2D eigenvalue weighted by Crippen LogP contribution is -2.09. The van der Waals surface area contributed by atoms with Crippen molar-refractivity contribution in [3.63, 3.8) is 0 Å². The van der Waals surface area contributed by atoms with Gasteiger partial charge in [0.05, 0.1) is 23.3 Å². The Bertz CT molecular complexity index is 663. The average molecular weight is 366 g/mol. The Morgan fingerprint density at radius 3 is 2.62 bits per heavy atom. The normalized spacial score (nSPS) is 11.3. The molecular weight excluding hydrogens is 358 g/mol. The fourth-order valence-corrected chi connectivity index (χ4v) is 1.86. The molecule has 4 nitrogen and oxygen atoms in total. The summed E-state index contributed by atoms with van der Waals surface area (Å²) in [5.74, 6) is -1.11. The van der Waals surface area contributed by atoms with Crippen LogP contribution in [0.5, 0.6) is 5.88 Å². The summed E-state index contributed by atoms with van der Waals surface area (Å²) in [6.07, 6.45) is -3.40. The summed E-state index contributed by atoms with van der Waals surface area (Å²) < 4.78 is 56.4. The molecule has 0 saturated carbocycles. The zero-order valence-corrected chi connectivity index (χ0v) is 12.1. The van der Waals surface area contributed by atoms with Gasteiger partial charge in [-0.2, -0.15) is 18.2 Å². The second-order valence-corrected chi connectivity index (χ2v) is 4.72. The van der Waals surface area contributed by atoms with Gasteiger partial charge in [0.2, 0.25) is 11.8 Å². The Hall–Kier alpha value is -1.90. The molecule has 1 N–H and O–H groups in total. The largest absolute Gasteiger partial charge is 0.480 e. The van der Waals surface area contributed by atoms with E-state index in [0.29, 0.717) is 10.5 Å². The summed E-state index contributed by atoms with van der Waals surface area (Å²) in [5, 5.41) is 2.56. The quantitative estimate of drug-likeness (QED) is 0.830. The number of rotatable bonds is 3. The molecule has 9 heteroatoms. The second-order valence-electron chi connectivity index (χ2n) is 3.87. The van der Waals surface area contributed by atoms with Gasteiger partial charge in [0.25, 0.3) is 0 Å². The van der Waals surface area contributed by atoms with Crippen LogP contribution in [0.25, 0.3) is 0 Å². The summed E-state index contributed by atoms with van der Waals surface area (Å²) in [5.41, 5.74) is -1.36. The third-order valence-electron chi connectivity index (χ3n) is 2.43. The Morgan fingerprint density at radius 2 is 2.00 bits per heavy atom. The zero-order chi connectivity index (χ0) is 15.6. The molecule has 0 fully saturated rings. The molecule has 2 aromatic rings. The van der Waals surface area contributed by atoms with Crippen LogP contribution in [0, 0.1) is 5.82 Å². The number of anilines is 2. The Morgan fingerprint density at radius 1 is 1.29 bits per heavy atom. The van der Waals surface area contributed by atoms with E-state index in [0.717, 1.165) is 12.1 Å². The van der Waals surface area contributed by atoms with Gasteiger partial charge >= 0.3 is 6.18 Å². The van der Waals surface area contributed by atoms with Gasteiger partial charge in [-0.05, 0) is 34.1 Å². The van der Waals surface area contributed by atoms with Gasteiger partial charge in [-0.25, -0.2) is 9.37 Å². The summed E-state index contributed by atoms with van der Waals surface area (Å²) in [7, 11) is 1.39. The molecule has 0 aliphatic carbocycles. The third-order valence-corrected chi connectivity index (χ3v) is 2.98. The van der Waals surface area contributed by atoms with E-state index in [9.17, 15) is 17.6 Å². The minimum absolute atomic E-state index is 0.00750. The molecule has 1 heterocycles. The first-order valence-electron chi connectivity index (χ1n) is 5.51. The van der Waals surface area contributed by atoms with Crippen LogP contribution >= 0.6 is 15.9 Å². The van der Waals surface area contributed by atoms with Crippen LogP contribution in [-0.4, -0.2) is 17.1 Å². The van der Waals surface area contributed by atoms with Gasteiger partial charge in [-0.3, -0.25) is 0 Å². The smallest absolute Gasteiger partial charge is 0.419 e. The van der Waals surface area contributed by atoms with Crippen LogP contribution in [0.4, 0.5) is 29.2 Å². The number of ether oxygens (including phenoxy) is 1. The number of halogens is 5. The van der Waals surface area contributed by atoms with Crippen molar-refractivity contribution in [1.82, 2.24) is 9.97 Å². The summed E-state index contributed by atoms with van der Waals surface area (Å²) >= 11 is 3.15. The van der Waals surface area contributed by atoms with Gasteiger partial charge in [0, 0.05) is 5.69 Å². The van der Waals surface area contributed by atoms with E-state index in [2.05, 4.69) is 31.2 Å². The van der Waals surface area contributed by atoms with Gasteiger partial charge in [0.1, 0.15) is 5.82 Å². The molecule has 0 bridgehead atoms. The van der Waals surface area contributed by atoms with Gasteiger partial charge < -0.3 is 10.1 Å². The number of nitrogens with zero attached hydrogens (tertiary/aromatic N) is 2. The average Bonchev–Trinajstić information content (AvgIpc) is 2.42. The highest BCUT2D eigenvalue weighted by molar-refractivity contribution is 9.10. The molecule has 0 atom stereocenters. The molecule has 0 unspecified atom stereocenters. The fraction of sp³-hybridized carbons (Fsp3) is 0.167. The first-order valence-corrected chi connectivity index (χ1v) is 6.31. The number of hydrogen-bond donors (Lipinski definition) is 1. The highest BCUT2D eigenvalue weighted by Crippen LogP contribution is 2.33. The van der Waals surface area contributed by atoms with Crippen molar-refractivity contribution in [3.05, 3.63) is 40.2 Å². The van der Waals surface area contributed by atoms with Crippen molar-refractivity contribution >= 4 is 27.6 Å². The van der Waals surface area contributed by atoms with E-state index in [1.54, 1.807) is 0 Å². The molecule has 2 rings (SSSR count). The second kappa shape index (κ2) is 5.84. The first-order chi connectivity index (χ1) is 9.81. The van der Waals surface area contributed by atoms with E-state index in [-0.39, 0.29) is 17.5 Å². The molecule has 0 amide bonds. The number of aromatic nitrogens is 2. The lowest BCUT2D eigenvalue weighted by Gasteiger charge is -2.11. The van der Waals surface area contributed by atoms with E-state index in [1.165, 1.54) is 13.3 Å². The minimum atomic E-state index is -4.78. The topological polar surface area (TPSA) is 47.0 Å². The highest BCUT2D eigenvalue weighted by Gasteiger charge is 2.34. The maximum absolute atomic E-state index is 13.2. The molecule has 0 saturated heterocycles. The number of methoxy groups -OCH3 is 1. The van der Waals surface area contributed by atoms with E-state index in [1.807, 2.05) is 0 Å². The lowest BCUT2D eigenvalue weighted by molar-refractivity contribution is -0.139. The van der Waals surface area contributed by atoms with Gasteiger partial charge in [-0.15, -0.1) is 0 Å². The van der Waals surface area contributed by atoms with E-state index >= 15 is 0 Å². The number of nitrogens with one attached hydrogen (secondary N) is 1. The summed E-state index contributed by atoms with van der Waals surface area (Å²) in [6.45, 7) is 0. The number of benzene rings is 1. The summed E-state index contributed by atoms with van der Waals surface area (Å²) in [6, 6.07) is 2.52. The number of alkyl halides is 3. The molecule has 1 aromatic heterocycles.